The number of halogens is 1. The average molecular weight is 335 g/mol. The van der Waals surface area contributed by atoms with Crippen LogP contribution in [0.5, 0.6) is 0 Å². The fourth-order valence-electron chi connectivity index (χ4n) is 2.34. The Bertz CT molecular complexity index is 831. The van der Waals surface area contributed by atoms with E-state index in [0.717, 1.165) is 27.7 Å². The quantitative estimate of drug-likeness (QED) is 0.533. The summed E-state index contributed by atoms with van der Waals surface area (Å²) in [6, 6.07) is 7.47. The van der Waals surface area contributed by atoms with Gasteiger partial charge in [-0.1, -0.05) is 11.6 Å². The highest BCUT2D eigenvalue weighted by Gasteiger charge is 2.11. The molecule has 0 radical (unpaired) electrons. The molecule has 0 spiro atoms. The molecule has 3 aromatic rings. The number of aliphatic hydroxyl groups excluding tert-OH is 1. The van der Waals surface area contributed by atoms with Gasteiger partial charge in [0, 0.05) is 34.7 Å². The molecule has 6 heteroatoms. The highest BCUT2D eigenvalue weighted by molar-refractivity contribution is 7.99. The average Bonchev–Trinajstić information content (AvgIpc) is 2.88. The van der Waals surface area contributed by atoms with Crippen molar-refractivity contribution in [3.8, 4) is 0 Å². The second-order valence-electron chi connectivity index (χ2n) is 4.99. The summed E-state index contributed by atoms with van der Waals surface area (Å²) in [5, 5.41) is 11.2. The molecule has 3 rings (SSSR count). The van der Waals surface area contributed by atoms with Gasteiger partial charge in [0.05, 0.1) is 10.8 Å². The summed E-state index contributed by atoms with van der Waals surface area (Å²) in [6.45, 7) is 0.163. The van der Waals surface area contributed by atoms with Gasteiger partial charge in [-0.25, -0.2) is 4.98 Å². The molecule has 0 saturated carbocycles. The van der Waals surface area contributed by atoms with Crippen molar-refractivity contribution >= 4 is 51.1 Å². The van der Waals surface area contributed by atoms with Crippen molar-refractivity contribution in [1.29, 1.82) is 0 Å². The van der Waals surface area contributed by atoms with Gasteiger partial charge in [-0.2, -0.15) is 11.8 Å². The summed E-state index contributed by atoms with van der Waals surface area (Å²) in [7, 11) is 0. The van der Waals surface area contributed by atoms with Crippen LogP contribution in [0.3, 0.4) is 0 Å². The lowest BCUT2D eigenvalue weighted by Crippen LogP contribution is -2.03. The molecule has 0 aliphatic rings. The fourth-order valence-corrected chi connectivity index (χ4v) is 3.32. The van der Waals surface area contributed by atoms with Gasteiger partial charge in [0.2, 0.25) is 0 Å². The van der Waals surface area contributed by atoms with Gasteiger partial charge < -0.3 is 10.1 Å². The molecule has 0 saturated heterocycles. The Morgan fingerprint density at radius 3 is 3.00 bits per heavy atom. The number of rotatable bonds is 6. The lowest BCUT2D eigenvalue weighted by molar-refractivity contribution is 0.102. The number of carbonyl (C=O) groups excluding carboxylic acids is 1. The number of aromatic nitrogens is 2. The third kappa shape index (κ3) is 3.11. The molecule has 114 valence electrons. The minimum atomic E-state index is 0.0918. The smallest absolute Gasteiger partial charge is 0.172 e. The molecule has 0 fully saturated rings. The number of benzene rings is 1. The van der Waals surface area contributed by atoms with E-state index in [0.29, 0.717) is 22.8 Å². The molecule has 0 bridgehead atoms. The van der Waals surface area contributed by atoms with Gasteiger partial charge >= 0.3 is 0 Å². The zero-order chi connectivity index (χ0) is 15.5. The van der Waals surface area contributed by atoms with E-state index in [1.807, 2.05) is 24.3 Å². The lowest BCUT2D eigenvalue weighted by Gasteiger charge is -2.02. The first-order chi connectivity index (χ1) is 10.7. The number of pyridine rings is 1. The predicted octanol–water partition coefficient (Wildman–Crippen LogP) is 3.67. The zero-order valence-electron chi connectivity index (χ0n) is 11.8. The van der Waals surface area contributed by atoms with Crippen LogP contribution in [0.2, 0.25) is 5.02 Å². The standard InChI is InChI=1S/C16H15ClN2O2S/c17-11-7-13-12-6-10(15(21)9-22-5-1-4-20)2-3-14(12)19-16(13)18-8-11/h2-3,6-8,20H,1,4-5,9H2,(H,18,19). The normalized spacial score (nSPS) is 11.4. The highest BCUT2D eigenvalue weighted by atomic mass is 35.5. The SMILES string of the molecule is O=C(CSCCCO)c1ccc2[nH]c3ncc(Cl)cc3c2c1. The molecule has 22 heavy (non-hydrogen) atoms. The molecular weight excluding hydrogens is 320 g/mol. The Hall–Kier alpha value is -1.56. The molecule has 2 aromatic heterocycles. The first kappa shape index (κ1) is 15.3. The minimum Gasteiger partial charge on any atom is -0.396 e. The topological polar surface area (TPSA) is 66.0 Å². The van der Waals surface area contributed by atoms with Gasteiger partial charge in [-0.05, 0) is 36.4 Å². The van der Waals surface area contributed by atoms with Crippen LogP contribution in [0.25, 0.3) is 21.9 Å². The van der Waals surface area contributed by atoms with Crippen molar-refractivity contribution in [3.05, 3.63) is 41.0 Å². The molecule has 1 aromatic carbocycles. The number of aliphatic hydroxyl groups is 1. The van der Waals surface area contributed by atoms with Gasteiger partial charge in [-0.3, -0.25) is 4.79 Å². The number of nitrogens with one attached hydrogen (secondary N) is 1. The monoisotopic (exact) mass is 334 g/mol. The number of fused-ring (bicyclic) bond motifs is 3. The first-order valence-corrected chi connectivity index (χ1v) is 8.51. The van der Waals surface area contributed by atoms with Crippen molar-refractivity contribution in [2.75, 3.05) is 18.1 Å². The van der Waals surface area contributed by atoms with Crippen molar-refractivity contribution in [1.82, 2.24) is 9.97 Å². The maximum absolute atomic E-state index is 12.2. The third-order valence-corrected chi connectivity index (χ3v) is 4.67. The summed E-state index contributed by atoms with van der Waals surface area (Å²) in [5.74, 6) is 1.30. The van der Waals surface area contributed by atoms with Crippen molar-refractivity contribution in [2.45, 2.75) is 6.42 Å². The largest absolute Gasteiger partial charge is 0.396 e. The highest BCUT2D eigenvalue weighted by Crippen LogP contribution is 2.27. The van der Waals surface area contributed by atoms with Gasteiger partial charge in [0.25, 0.3) is 0 Å². The Kier molecular flexibility index (Phi) is 4.66. The molecule has 2 N–H and O–H groups in total. The number of aromatic amines is 1. The Labute approximate surface area is 136 Å². The first-order valence-electron chi connectivity index (χ1n) is 6.98. The number of hydrogen-bond donors (Lipinski definition) is 2. The van der Waals surface area contributed by atoms with Crippen LogP contribution in [0, 0.1) is 0 Å². The van der Waals surface area contributed by atoms with E-state index in [2.05, 4.69) is 9.97 Å². The van der Waals surface area contributed by atoms with Crippen molar-refractivity contribution in [3.63, 3.8) is 0 Å². The number of nitrogens with zero attached hydrogens (tertiary/aromatic N) is 1. The summed E-state index contributed by atoms with van der Waals surface area (Å²) < 4.78 is 0. The molecule has 0 aliphatic carbocycles. The van der Waals surface area contributed by atoms with Crippen LogP contribution in [0.4, 0.5) is 0 Å². The summed E-state index contributed by atoms with van der Waals surface area (Å²) in [4.78, 5) is 19.7. The van der Waals surface area contributed by atoms with Crippen LogP contribution < -0.4 is 0 Å². The van der Waals surface area contributed by atoms with E-state index in [-0.39, 0.29) is 12.4 Å². The summed E-state index contributed by atoms with van der Waals surface area (Å²) in [5.41, 5.74) is 2.39. The number of H-pyrrole nitrogens is 1. The summed E-state index contributed by atoms with van der Waals surface area (Å²) in [6.07, 6.45) is 2.31. The van der Waals surface area contributed by atoms with E-state index in [9.17, 15) is 4.79 Å². The zero-order valence-corrected chi connectivity index (χ0v) is 13.4. The fraction of sp³-hybridized carbons (Fsp3) is 0.250. The lowest BCUT2D eigenvalue weighted by atomic mass is 10.1. The van der Waals surface area contributed by atoms with Crippen LogP contribution in [0.1, 0.15) is 16.8 Å². The maximum atomic E-state index is 12.2. The number of thioether (sulfide) groups is 1. The third-order valence-electron chi connectivity index (χ3n) is 3.42. The van der Waals surface area contributed by atoms with Crippen molar-refractivity contribution in [2.24, 2.45) is 0 Å². The Morgan fingerprint density at radius 1 is 1.32 bits per heavy atom. The molecule has 2 heterocycles. The number of ketones is 1. The number of hydrogen-bond acceptors (Lipinski definition) is 4. The van der Waals surface area contributed by atoms with Crippen molar-refractivity contribution < 1.29 is 9.90 Å². The van der Waals surface area contributed by atoms with Crippen LogP contribution in [-0.2, 0) is 0 Å². The molecule has 4 nitrogen and oxygen atoms in total. The van der Waals surface area contributed by atoms with Crippen LogP contribution in [0.15, 0.2) is 30.5 Å². The predicted molar refractivity (Wildman–Crippen MR) is 92.0 cm³/mol. The van der Waals surface area contributed by atoms with E-state index in [1.54, 1.807) is 18.0 Å². The molecule has 0 atom stereocenters. The van der Waals surface area contributed by atoms with E-state index in [1.165, 1.54) is 0 Å². The molecular formula is C16H15ClN2O2S. The van der Waals surface area contributed by atoms with E-state index < -0.39 is 0 Å². The van der Waals surface area contributed by atoms with Crippen LogP contribution in [-0.4, -0.2) is 39.0 Å². The number of carbonyl (C=O) groups is 1. The second-order valence-corrected chi connectivity index (χ2v) is 6.53. The van der Waals surface area contributed by atoms with E-state index >= 15 is 0 Å². The molecule has 0 unspecified atom stereocenters. The van der Waals surface area contributed by atoms with Gasteiger partial charge in [-0.15, -0.1) is 0 Å². The molecule has 0 aliphatic heterocycles. The Balaban J connectivity index is 1.90. The maximum Gasteiger partial charge on any atom is 0.172 e. The van der Waals surface area contributed by atoms with Gasteiger partial charge in [0.15, 0.2) is 5.78 Å². The number of Topliss-reactive ketones (excluding diaryl/α,β-unsaturated/α-hetero) is 1. The van der Waals surface area contributed by atoms with E-state index in [4.69, 9.17) is 16.7 Å². The minimum absolute atomic E-state index is 0.0918. The summed E-state index contributed by atoms with van der Waals surface area (Å²) >= 11 is 7.55. The van der Waals surface area contributed by atoms with Crippen LogP contribution >= 0.6 is 23.4 Å². The Morgan fingerprint density at radius 2 is 2.18 bits per heavy atom. The van der Waals surface area contributed by atoms with Gasteiger partial charge in [0.1, 0.15) is 5.65 Å². The molecule has 0 amide bonds. The second kappa shape index (κ2) is 6.69.